The van der Waals surface area contributed by atoms with E-state index in [9.17, 15) is 21.6 Å². The third kappa shape index (κ3) is 4.95. The molecule has 38 heavy (non-hydrogen) atoms. The lowest BCUT2D eigenvalue weighted by atomic mass is 9.96. The number of hydrogen-bond donors (Lipinski definition) is 0. The van der Waals surface area contributed by atoms with E-state index in [4.69, 9.17) is 0 Å². The third-order valence-corrected chi connectivity index (χ3v) is 8.67. The van der Waals surface area contributed by atoms with Crippen LogP contribution in [0.15, 0.2) is 59.9 Å². The molecule has 0 radical (unpaired) electrons. The van der Waals surface area contributed by atoms with E-state index in [1.54, 1.807) is 23.0 Å². The minimum Gasteiger partial charge on any atom is -0.293 e. The SMILES string of the molecule is Cc1cc2c(cnn2-c2ccc(F)cc2)cc1C1CN(S(=O)(=O)c2cnn(C(F)F)c2)CCN1CC(C)C. The molecule has 1 fully saturated rings. The fraction of sp³-hybridized carbons (Fsp3) is 0.385. The van der Waals surface area contributed by atoms with Crippen LogP contribution in [0.25, 0.3) is 16.6 Å². The summed E-state index contributed by atoms with van der Waals surface area (Å²) in [5.74, 6) is 0.0301. The van der Waals surface area contributed by atoms with Gasteiger partial charge >= 0.3 is 6.55 Å². The number of nitrogens with zero attached hydrogens (tertiary/aromatic N) is 6. The van der Waals surface area contributed by atoms with Crippen molar-refractivity contribution in [3.05, 3.63) is 71.9 Å². The van der Waals surface area contributed by atoms with Crippen LogP contribution in [-0.2, 0) is 10.0 Å². The van der Waals surface area contributed by atoms with Crippen LogP contribution in [0.3, 0.4) is 0 Å². The molecule has 0 bridgehead atoms. The molecule has 1 unspecified atom stereocenters. The van der Waals surface area contributed by atoms with Gasteiger partial charge in [-0.05, 0) is 60.4 Å². The third-order valence-electron chi connectivity index (χ3n) is 6.86. The van der Waals surface area contributed by atoms with Crippen molar-refractivity contribution in [1.29, 1.82) is 0 Å². The van der Waals surface area contributed by atoms with Crippen LogP contribution in [0.2, 0.25) is 0 Å². The van der Waals surface area contributed by atoms with Gasteiger partial charge in [-0.15, -0.1) is 0 Å². The Balaban J connectivity index is 1.51. The maximum Gasteiger partial charge on any atom is 0.333 e. The summed E-state index contributed by atoms with van der Waals surface area (Å²) in [5, 5.41) is 8.89. The van der Waals surface area contributed by atoms with Gasteiger partial charge in [-0.3, -0.25) is 4.90 Å². The Morgan fingerprint density at radius 2 is 1.79 bits per heavy atom. The average Bonchev–Trinajstić information content (AvgIpc) is 3.52. The normalized spacial score (nSPS) is 17.7. The van der Waals surface area contributed by atoms with Crippen molar-refractivity contribution in [1.82, 2.24) is 28.8 Å². The maximum atomic E-state index is 13.4. The van der Waals surface area contributed by atoms with Crippen LogP contribution in [0, 0.1) is 18.7 Å². The molecule has 2 aromatic carbocycles. The number of benzene rings is 2. The number of rotatable bonds is 7. The molecule has 1 aliphatic rings. The molecule has 2 aromatic heterocycles. The van der Waals surface area contributed by atoms with E-state index in [1.165, 1.54) is 16.4 Å². The molecule has 3 heterocycles. The van der Waals surface area contributed by atoms with Gasteiger partial charge in [-0.2, -0.15) is 23.3 Å². The Hall–Kier alpha value is -3.22. The first-order chi connectivity index (χ1) is 18.0. The highest BCUT2D eigenvalue weighted by atomic mass is 32.2. The summed E-state index contributed by atoms with van der Waals surface area (Å²) in [7, 11) is -4.02. The first-order valence-corrected chi connectivity index (χ1v) is 13.8. The van der Waals surface area contributed by atoms with Gasteiger partial charge in [-0.1, -0.05) is 13.8 Å². The second kappa shape index (κ2) is 10.2. The zero-order valence-corrected chi connectivity index (χ0v) is 22.1. The van der Waals surface area contributed by atoms with Crippen molar-refractivity contribution in [3.63, 3.8) is 0 Å². The molecule has 0 amide bonds. The second-order valence-corrected chi connectivity index (χ2v) is 11.9. The number of halogens is 3. The van der Waals surface area contributed by atoms with Crippen molar-refractivity contribution in [2.24, 2.45) is 5.92 Å². The Labute approximate surface area is 219 Å². The van der Waals surface area contributed by atoms with Crippen LogP contribution in [0.1, 0.15) is 37.6 Å². The van der Waals surface area contributed by atoms with Gasteiger partial charge in [0, 0.05) is 37.6 Å². The number of piperazine rings is 1. The number of aryl methyl sites for hydroxylation is 1. The van der Waals surface area contributed by atoms with E-state index in [0.717, 1.165) is 46.7 Å². The Morgan fingerprint density at radius 1 is 1.05 bits per heavy atom. The molecule has 0 spiro atoms. The van der Waals surface area contributed by atoms with Crippen LogP contribution in [0.5, 0.6) is 0 Å². The van der Waals surface area contributed by atoms with Gasteiger partial charge < -0.3 is 0 Å². The standard InChI is InChI=1S/C26H29F3N6O2S/c1-17(2)14-32-8-9-33(38(36,37)22-13-30-34(15-22)26(28)29)16-25(32)23-11-19-12-31-35(24(19)10-18(23)3)21-6-4-20(27)5-7-21/h4-7,10-13,15,17,25-26H,8-9,14,16H2,1-3H3. The summed E-state index contributed by atoms with van der Waals surface area (Å²) in [5.41, 5.74) is 3.52. The molecule has 5 rings (SSSR count). The van der Waals surface area contributed by atoms with Crippen LogP contribution in [0.4, 0.5) is 13.2 Å². The molecule has 12 heteroatoms. The molecule has 0 aliphatic carbocycles. The Kier molecular flexibility index (Phi) is 7.05. The molecular formula is C26H29F3N6O2S. The predicted molar refractivity (Wildman–Crippen MR) is 137 cm³/mol. The van der Waals surface area contributed by atoms with E-state index in [1.807, 2.05) is 19.1 Å². The lowest BCUT2D eigenvalue weighted by Crippen LogP contribution is -2.51. The fourth-order valence-electron chi connectivity index (χ4n) is 5.05. The van der Waals surface area contributed by atoms with Gasteiger partial charge in [0.05, 0.1) is 29.8 Å². The largest absolute Gasteiger partial charge is 0.333 e. The lowest BCUT2D eigenvalue weighted by Gasteiger charge is -2.42. The van der Waals surface area contributed by atoms with Crippen molar-refractivity contribution >= 4 is 20.9 Å². The first kappa shape index (κ1) is 26.4. The number of aromatic nitrogens is 4. The van der Waals surface area contributed by atoms with Crippen molar-refractivity contribution in [2.75, 3.05) is 26.2 Å². The van der Waals surface area contributed by atoms with Crippen LogP contribution in [-0.4, -0.2) is 63.4 Å². The molecule has 1 aliphatic heterocycles. The first-order valence-electron chi connectivity index (χ1n) is 12.4. The topological polar surface area (TPSA) is 76.3 Å². The summed E-state index contributed by atoms with van der Waals surface area (Å²) < 4.78 is 69.7. The minimum absolute atomic E-state index is 0.174. The molecule has 0 N–H and O–H groups in total. The summed E-state index contributed by atoms with van der Waals surface area (Å²) in [4.78, 5) is 2.03. The Bertz CT molecular complexity index is 1550. The van der Waals surface area contributed by atoms with Gasteiger partial charge in [0.1, 0.15) is 10.7 Å². The summed E-state index contributed by atoms with van der Waals surface area (Å²) in [6, 6.07) is 9.89. The number of fused-ring (bicyclic) bond motifs is 1. The highest BCUT2D eigenvalue weighted by molar-refractivity contribution is 7.89. The van der Waals surface area contributed by atoms with Crippen LogP contribution < -0.4 is 0 Å². The fourth-order valence-corrected chi connectivity index (χ4v) is 6.43. The zero-order valence-electron chi connectivity index (χ0n) is 21.3. The zero-order chi connectivity index (χ0) is 27.2. The van der Waals surface area contributed by atoms with Gasteiger partial charge in [0.2, 0.25) is 10.0 Å². The molecule has 8 nitrogen and oxygen atoms in total. The van der Waals surface area contributed by atoms with E-state index in [-0.39, 0.29) is 29.8 Å². The molecule has 1 saturated heterocycles. The maximum absolute atomic E-state index is 13.4. The number of hydrogen-bond acceptors (Lipinski definition) is 5. The highest BCUT2D eigenvalue weighted by Crippen LogP contribution is 2.34. The number of sulfonamides is 1. The summed E-state index contributed by atoms with van der Waals surface area (Å²) in [6.07, 6.45) is 3.58. The Morgan fingerprint density at radius 3 is 2.45 bits per heavy atom. The van der Waals surface area contributed by atoms with Gasteiger partial charge in [0.15, 0.2) is 0 Å². The minimum atomic E-state index is -4.02. The van der Waals surface area contributed by atoms with E-state index < -0.39 is 16.6 Å². The molecule has 0 saturated carbocycles. The second-order valence-electron chi connectivity index (χ2n) is 10.0. The molecule has 4 aromatic rings. The quantitative estimate of drug-likeness (QED) is 0.334. The van der Waals surface area contributed by atoms with E-state index in [2.05, 4.69) is 28.9 Å². The average molecular weight is 547 g/mol. The van der Waals surface area contributed by atoms with Crippen LogP contribution >= 0.6 is 0 Å². The van der Waals surface area contributed by atoms with Gasteiger partial charge in [0.25, 0.3) is 0 Å². The van der Waals surface area contributed by atoms with E-state index in [0.29, 0.717) is 17.1 Å². The predicted octanol–water partition coefficient (Wildman–Crippen LogP) is 4.77. The summed E-state index contributed by atoms with van der Waals surface area (Å²) in [6.45, 7) is 4.97. The summed E-state index contributed by atoms with van der Waals surface area (Å²) >= 11 is 0. The smallest absolute Gasteiger partial charge is 0.293 e. The molecule has 202 valence electrons. The van der Waals surface area contributed by atoms with Crippen molar-refractivity contribution < 1.29 is 21.6 Å². The monoisotopic (exact) mass is 546 g/mol. The van der Waals surface area contributed by atoms with E-state index >= 15 is 0 Å². The van der Waals surface area contributed by atoms with Gasteiger partial charge in [-0.25, -0.2) is 22.2 Å². The molecule has 1 atom stereocenters. The highest BCUT2D eigenvalue weighted by Gasteiger charge is 2.36. The van der Waals surface area contributed by atoms with Crippen molar-refractivity contribution in [3.8, 4) is 5.69 Å². The van der Waals surface area contributed by atoms with Crippen molar-refractivity contribution in [2.45, 2.75) is 38.3 Å². The lowest BCUT2D eigenvalue weighted by molar-refractivity contribution is 0.0563. The number of alkyl halides is 2. The molecular weight excluding hydrogens is 517 g/mol.